The summed E-state index contributed by atoms with van der Waals surface area (Å²) in [6.45, 7) is 10.4. The van der Waals surface area contributed by atoms with Gasteiger partial charge in [0.2, 0.25) is 0 Å². The van der Waals surface area contributed by atoms with Gasteiger partial charge in [0.15, 0.2) is 0 Å². The van der Waals surface area contributed by atoms with Crippen LogP contribution in [0.15, 0.2) is 24.3 Å². The molecule has 0 fully saturated rings. The molecule has 4 heteroatoms. The Labute approximate surface area is 123 Å². The summed E-state index contributed by atoms with van der Waals surface area (Å²) in [6, 6.07) is 8.29. The van der Waals surface area contributed by atoms with Gasteiger partial charge in [-0.25, -0.2) is 0 Å². The fourth-order valence-corrected chi connectivity index (χ4v) is 2.29. The highest BCUT2D eigenvalue weighted by Gasteiger charge is 2.15. The lowest BCUT2D eigenvalue weighted by molar-refractivity contribution is 0.276. The number of nitrogens with one attached hydrogen (secondary N) is 1. The summed E-state index contributed by atoms with van der Waals surface area (Å²) >= 11 is 0. The Bertz CT molecular complexity index is 366. The van der Waals surface area contributed by atoms with Crippen molar-refractivity contribution < 1.29 is 4.74 Å². The highest BCUT2D eigenvalue weighted by atomic mass is 16.5. The third-order valence-electron chi connectivity index (χ3n) is 3.59. The molecular weight excluding hydrogens is 250 g/mol. The van der Waals surface area contributed by atoms with E-state index in [9.17, 15) is 0 Å². The second kappa shape index (κ2) is 9.75. The molecule has 1 rings (SSSR count). The molecule has 1 unspecified atom stereocenters. The third kappa shape index (κ3) is 5.12. The minimum atomic E-state index is 0.128. The van der Waals surface area contributed by atoms with E-state index in [4.69, 9.17) is 10.6 Å². The van der Waals surface area contributed by atoms with Gasteiger partial charge in [-0.05, 0) is 38.5 Å². The number of hydrazine groups is 1. The Morgan fingerprint density at radius 1 is 1.20 bits per heavy atom. The lowest BCUT2D eigenvalue weighted by Gasteiger charge is -2.24. The second-order valence-electron chi connectivity index (χ2n) is 4.92. The van der Waals surface area contributed by atoms with E-state index < -0.39 is 0 Å². The Balaban J connectivity index is 2.73. The molecule has 3 N–H and O–H groups in total. The van der Waals surface area contributed by atoms with Gasteiger partial charge in [-0.1, -0.05) is 39.0 Å². The van der Waals surface area contributed by atoms with Crippen LogP contribution in [0, 0.1) is 0 Å². The number of ether oxygens (including phenoxy) is 1. The molecule has 1 atom stereocenters. The molecule has 0 aliphatic carbocycles. The van der Waals surface area contributed by atoms with Crippen LogP contribution in [-0.2, 0) is 0 Å². The number of nitrogens with two attached hydrogens (primary N) is 1. The molecular formula is C16H29N3O. The molecule has 0 bridgehead atoms. The SMILES string of the molecule is CCCOc1ccccc1C(CCN(CC)CC)NN. The number of para-hydroxylation sites is 1. The van der Waals surface area contributed by atoms with Gasteiger partial charge in [-0.3, -0.25) is 11.3 Å². The average molecular weight is 279 g/mol. The highest BCUT2D eigenvalue weighted by molar-refractivity contribution is 5.35. The third-order valence-corrected chi connectivity index (χ3v) is 3.59. The first-order valence-electron chi connectivity index (χ1n) is 7.66. The molecule has 0 heterocycles. The Morgan fingerprint density at radius 2 is 1.90 bits per heavy atom. The molecule has 1 aromatic carbocycles. The maximum absolute atomic E-state index is 5.82. The van der Waals surface area contributed by atoms with E-state index in [0.29, 0.717) is 0 Å². The van der Waals surface area contributed by atoms with Crippen molar-refractivity contribution in [2.24, 2.45) is 5.84 Å². The van der Waals surface area contributed by atoms with Gasteiger partial charge < -0.3 is 9.64 Å². The lowest BCUT2D eigenvalue weighted by atomic mass is 10.0. The fraction of sp³-hybridized carbons (Fsp3) is 0.625. The molecule has 114 valence electrons. The van der Waals surface area contributed by atoms with Crippen LogP contribution < -0.4 is 16.0 Å². The van der Waals surface area contributed by atoms with E-state index in [1.165, 1.54) is 0 Å². The van der Waals surface area contributed by atoms with Crippen molar-refractivity contribution in [3.05, 3.63) is 29.8 Å². The number of hydrogen-bond donors (Lipinski definition) is 2. The zero-order chi connectivity index (χ0) is 14.8. The molecule has 1 aromatic rings. The first kappa shape index (κ1) is 17.0. The fourth-order valence-electron chi connectivity index (χ4n) is 2.29. The van der Waals surface area contributed by atoms with Crippen LogP contribution in [0.5, 0.6) is 5.75 Å². The zero-order valence-electron chi connectivity index (χ0n) is 13.1. The van der Waals surface area contributed by atoms with Crippen molar-refractivity contribution >= 4 is 0 Å². The maximum Gasteiger partial charge on any atom is 0.124 e. The van der Waals surface area contributed by atoms with Crippen molar-refractivity contribution in [3.8, 4) is 5.75 Å². The Morgan fingerprint density at radius 3 is 2.50 bits per heavy atom. The highest BCUT2D eigenvalue weighted by Crippen LogP contribution is 2.27. The number of benzene rings is 1. The predicted octanol–water partition coefficient (Wildman–Crippen LogP) is 2.71. The van der Waals surface area contributed by atoms with Gasteiger partial charge in [0.25, 0.3) is 0 Å². The van der Waals surface area contributed by atoms with Crippen molar-refractivity contribution in [2.45, 2.75) is 39.7 Å². The first-order chi connectivity index (χ1) is 9.76. The standard InChI is InChI=1S/C16H29N3O/c1-4-13-20-16-10-8-7-9-14(16)15(18-17)11-12-19(5-2)6-3/h7-10,15,18H,4-6,11-13,17H2,1-3H3. The van der Waals surface area contributed by atoms with Crippen LogP contribution in [0.1, 0.15) is 45.2 Å². The predicted molar refractivity (Wildman–Crippen MR) is 84.7 cm³/mol. The van der Waals surface area contributed by atoms with Crippen LogP contribution in [-0.4, -0.2) is 31.1 Å². The zero-order valence-corrected chi connectivity index (χ0v) is 13.1. The topological polar surface area (TPSA) is 50.5 Å². The van der Waals surface area contributed by atoms with Gasteiger partial charge in [-0.2, -0.15) is 0 Å². The largest absolute Gasteiger partial charge is 0.493 e. The van der Waals surface area contributed by atoms with Gasteiger partial charge in [0.1, 0.15) is 5.75 Å². The molecule has 0 aliphatic rings. The van der Waals surface area contributed by atoms with Crippen molar-refractivity contribution in [3.63, 3.8) is 0 Å². The molecule has 0 saturated carbocycles. The summed E-state index contributed by atoms with van der Waals surface area (Å²) in [5, 5.41) is 0. The minimum Gasteiger partial charge on any atom is -0.493 e. The van der Waals surface area contributed by atoms with Crippen molar-refractivity contribution in [1.82, 2.24) is 10.3 Å². The van der Waals surface area contributed by atoms with Gasteiger partial charge in [-0.15, -0.1) is 0 Å². The molecule has 0 spiro atoms. The van der Waals surface area contributed by atoms with E-state index in [1.807, 2.05) is 18.2 Å². The van der Waals surface area contributed by atoms with Gasteiger partial charge in [0.05, 0.1) is 12.6 Å². The van der Waals surface area contributed by atoms with Crippen LogP contribution in [0.2, 0.25) is 0 Å². The normalized spacial score (nSPS) is 12.7. The molecule has 0 amide bonds. The van der Waals surface area contributed by atoms with E-state index in [0.717, 1.165) is 50.4 Å². The smallest absolute Gasteiger partial charge is 0.124 e. The number of nitrogens with zero attached hydrogens (tertiary/aromatic N) is 1. The number of hydrogen-bond acceptors (Lipinski definition) is 4. The van der Waals surface area contributed by atoms with E-state index in [2.05, 4.69) is 37.2 Å². The van der Waals surface area contributed by atoms with Gasteiger partial charge >= 0.3 is 0 Å². The quantitative estimate of drug-likeness (QED) is 0.511. The van der Waals surface area contributed by atoms with Crippen LogP contribution in [0.25, 0.3) is 0 Å². The minimum absolute atomic E-state index is 0.128. The Kier molecular flexibility index (Phi) is 8.26. The van der Waals surface area contributed by atoms with E-state index in [1.54, 1.807) is 0 Å². The van der Waals surface area contributed by atoms with Crippen LogP contribution in [0.3, 0.4) is 0 Å². The monoisotopic (exact) mass is 279 g/mol. The Hall–Kier alpha value is -1.10. The first-order valence-corrected chi connectivity index (χ1v) is 7.66. The molecule has 0 saturated heterocycles. The summed E-state index contributed by atoms with van der Waals surface area (Å²) in [5.41, 5.74) is 4.08. The lowest BCUT2D eigenvalue weighted by Crippen LogP contribution is -2.33. The average Bonchev–Trinajstić information content (AvgIpc) is 2.50. The summed E-state index contributed by atoms with van der Waals surface area (Å²) in [5.74, 6) is 6.69. The molecule has 0 aromatic heterocycles. The summed E-state index contributed by atoms with van der Waals surface area (Å²) in [7, 11) is 0. The maximum atomic E-state index is 5.82. The van der Waals surface area contributed by atoms with Crippen molar-refractivity contribution in [2.75, 3.05) is 26.2 Å². The molecule has 20 heavy (non-hydrogen) atoms. The van der Waals surface area contributed by atoms with Crippen LogP contribution >= 0.6 is 0 Å². The number of rotatable bonds is 10. The summed E-state index contributed by atoms with van der Waals surface area (Å²) in [4.78, 5) is 2.40. The molecule has 4 nitrogen and oxygen atoms in total. The second-order valence-corrected chi connectivity index (χ2v) is 4.92. The summed E-state index contributed by atoms with van der Waals surface area (Å²) in [6.07, 6.45) is 1.99. The van der Waals surface area contributed by atoms with E-state index >= 15 is 0 Å². The molecule has 0 aliphatic heterocycles. The van der Waals surface area contributed by atoms with Crippen molar-refractivity contribution in [1.29, 1.82) is 0 Å². The van der Waals surface area contributed by atoms with E-state index in [-0.39, 0.29) is 6.04 Å². The van der Waals surface area contributed by atoms with Crippen LogP contribution in [0.4, 0.5) is 0 Å². The summed E-state index contributed by atoms with van der Waals surface area (Å²) < 4.78 is 5.82. The molecule has 0 radical (unpaired) electrons. The van der Waals surface area contributed by atoms with Gasteiger partial charge in [0, 0.05) is 5.56 Å².